The van der Waals surface area contributed by atoms with Crippen molar-refractivity contribution < 1.29 is 0 Å². The second kappa shape index (κ2) is 4.90. The largest absolute Gasteiger partial charge is 0.332 e. The quantitative estimate of drug-likeness (QED) is 0.513. The number of imidazole rings is 1. The zero-order valence-corrected chi connectivity index (χ0v) is 11.7. The molecule has 0 bridgehead atoms. The number of rotatable bonds is 3. The third kappa shape index (κ3) is 2.20. The Kier molecular flexibility index (Phi) is 3.06. The van der Waals surface area contributed by atoms with E-state index < -0.39 is 11.2 Å². The van der Waals surface area contributed by atoms with E-state index in [1.54, 1.807) is 0 Å². The van der Waals surface area contributed by atoms with Crippen LogP contribution in [0.3, 0.4) is 0 Å². The van der Waals surface area contributed by atoms with Crippen molar-refractivity contribution in [3.63, 3.8) is 0 Å². The molecule has 0 atom stereocenters. The summed E-state index contributed by atoms with van der Waals surface area (Å²) < 4.78 is 2.26. The van der Waals surface area contributed by atoms with E-state index in [1.165, 1.54) is 35.5 Å². The van der Waals surface area contributed by atoms with Gasteiger partial charge < -0.3 is 4.98 Å². The minimum atomic E-state index is -0.463. The zero-order valence-electron chi connectivity index (χ0n) is 10.9. The summed E-state index contributed by atoms with van der Waals surface area (Å²) >= 11 is 1.22. The molecule has 11 nitrogen and oxygen atoms in total. The van der Waals surface area contributed by atoms with Crippen LogP contribution in [0.15, 0.2) is 25.4 Å². The molecule has 108 valence electrons. The van der Waals surface area contributed by atoms with Crippen LogP contribution in [0.2, 0.25) is 0 Å². The molecule has 0 spiro atoms. The van der Waals surface area contributed by atoms with Crippen LogP contribution in [0, 0.1) is 0 Å². The molecule has 2 N–H and O–H groups in total. The molecule has 3 aromatic rings. The van der Waals surface area contributed by atoms with Crippen LogP contribution in [0.25, 0.3) is 11.2 Å². The van der Waals surface area contributed by atoms with Crippen molar-refractivity contribution in [3.8, 4) is 0 Å². The average molecular weight is 307 g/mol. The molecule has 0 radical (unpaired) electrons. The highest BCUT2D eigenvalue weighted by Gasteiger charge is 2.12. The first-order valence-electron chi connectivity index (χ1n) is 5.66. The van der Waals surface area contributed by atoms with Gasteiger partial charge in [0, 0.05) is 14.1 Å². The van der Waals surface area contributed by atoms with Gasteiger partial charge in [-0.15, -0.1) is 10.2 Å². The maximum Gasteiger partial charge on any atom is 0.332 e. The van der Waals surface area contributed by atoms with E-state index in [4.69, 9.17) is 0 Å². The molecule has 0 fully saturated rings. The fourth-order valence-electron chi connectivity index (χ4n) is 1.70. The van der Waals surface area contributed by atoms with Crippen molar-refractivity contribution in [3.05, 3.63) is 26.3 Å². The van der Waals surface area contributed by atoms with Crippen LogP contribution in [-0.4, -0.2) is 29.3 Å². The first kappa shape index (κ1) is 13.1. The molecule has 0 aliphatic heterocycles. The van der Waals surface area contributed by atoms with Crippen LogP contribution < -0.4 is 16.7 Å². The summed E-state index contributed by atoms with van der Waals surface area (Å²) in [7, 11) is 2.92. The summed E-state index contributed by atoms with van der Waals surface area (Å²) in [5, 5.41) is 15.1. The second-order valence-corrected chi connectivity index (χ2v) is 4.83. The van der Waals surface area contributed by atoms with Crippen LogP contribution in [0.4, 0.5) is 11.1 Å². The molecule has 0 saturated carbocycles. The standard InChI is InChI=1S/C9H9N9O2S/c1-17-5-4(6(19)18(2)9(17)20)11-7(12-5)13-16-15-8-14-10-3-21-8/h3H,1-2H3,(H2,11,12,13,14,15). The minimum Gasteiger partial charge on any atom is -0.317 e. The molecular formula is C9H9N9O2S. The molecule has 21 heavy (non-hydrogen) atoms. The number of aromatic nitrogens is 6. The number of H-pyrrole nitrogens is 1. The normalized spacial score (nSPS) is 11.5. The topological polar surface area (TPSA) is 135 Å². The number of aryl methyl sites for hydroxylation is 1. The smallest absolute Gasteiger partial charge is 0.317 e. The van der Waals surface area contributed by atoms with Gasteiger partial charge >= 0.3 is 5.69 Å². The Morgan fingerprint density at radius 1 is 1.33 bits per heavy atom. The molecule has 0 amide bonds. The Labute approximate surface area is 120 Å². The molecule has 0 aromatic carbocycles. The molecule has 0 aliphatic carbocycles. The van der Waals surface area contributed by atoms with Crippen molar-refractivity contribution in [1.29, 1.82) is 0 Å². The highest BCUT2D eigenvalue weighted by atomic mass is 32.1. The van der Waals surface area contributed by atoms with E-state index >= 15 is 0 Å². The second-order valence-electron chi connectivity index (χ2n) is 4.02. The predicted molar refractivity (Wildman–Crippen MR) is 74.6 cm³/mol. The van der Waals surface area contributed by atoms with E-state index in [1.807, 2.05) is 0 Å². The number of hydrogen-bond acceptors (Lipinski definition) is 8. The SMILES string of the molecule is Cn1c(=O)c2[nH]c(NN=Nc3nncs3)nc2n(C)c1=O. The summed E-state index contributed by atoms with van der Waals surface area (Å²) in [6, 6.07) is 0. The van der Waals surface area contributed by atoms with Crippen molar-refractivity contribution in [2.24, 2.45) is 24.4 Å². The number of nitrogens with one attached hydrogen (secondary N) is 2. The maximum atomic E-state index is 12.0. The summed E-state index contributed by atoms with van der Waals surface area (Å²) in [6.07, 6.45) is 0. The van der Waals surface area contributed by atoms with Crippen LogP contribution in [-0.2, 0) is 14.1 Å². The van der Waals surface area contributed by atoms with E-state index in [0.717, 1.165) is 4.57 Å². The summed E-state index contributed by atoms with van der Waals surface area (Å²) in [5.41, 5.74) is 3.57. The van der Waals surface area contributed by atoms with Gasteiger partial charge in [0.05, 0.1) is 0 Å². The first-order chi connectivity index (χ1) is 10.1. The fourth-order valence-corrected chi connectivity index (χ4v) is 2.08. The lowest BCUT2D eigenvalue weighted by Gasteiger charge is -2.00. The Morgan fingerprint density at radius 2 is 2.14 bits per heavy atom. The van der Waals surface area contributed by atoms with Gasteiger partial charge in [-0.25, -0.2) is 10.2 Å². The van der Waals surface area contributed by atoms with Crippen LogP contribution in [0.5, 0.6) is 0 Å². The highest BCUT2D eigenvalue weighted by molar-refractivity contribution is 7.13. The van der Waals surface area contributed by atoms with Crippen molar-refractivity contribution >= 4 is 33.6 Å². The highest BCUT2D eigenvalue weighted by Crippen LogP contribution is 2.13. The molecule has 3 aromatic heterocycles. The minimum absolute atomic E-state index is 0.191. The van der Waals surface area contributed by atoms with Gasteiger partial charge in [-0.1, -0.05) is 21.7 Å². The maximum absolute atomic E-state index is 12.0. The number of fused-ring (bicyclic) bond motifs is 1. The van der Waals surface area contributed by atoms with Gasteiger partial charge in [0.25, 0.3) is 10.7 Å². The lowest BCUT2D eigenvalue weighted by atomic mass is 10.5. The van der Waals surface area contributed by atoms with Gasteiger partial charge in [0.15, 0.2) is 11.2 Å². The monoisotopic (exact) mass is 307 g/mol. The molecule has 0 saturated heterocycles. The number of anilines is 1. The van der Waals surface area contributed by atoms with E-state index in [2.05, 4.69) is 35.9 Å². The summed E-state index contributed by atoms with van der Waals surface area (Å²) in [4.78, 5) is 30.6. The third-order valence-corrected chi connectivity index (χ3v) is 3.31. The lowest BCUT2D eigenvalue weighted by Crippen LogP contribution is -2.36. The van der Waals surface area contributed by atoms with E-state index in [0.29, 0.717) is 5.13 Å². The predicted octanol–water partition coefficient (Wildman–Crippen LogP) is -0.0774. The van der Waals surface area contributed by atoms with Gasteiger partial charge in [0.2, 0.25) is 5.95 Å². The van der Waals surface area contributed by atoms with E-state index in [9.17, 15) is 9.59 Å². The van der Waals surface area contributed by atoms with Crippen molar-refractivity contribution in [2.75, 3.05) is 5.43 Å². The lowest BCUT2D eigenvalue weighted by molar-refractivity contribution is 0.709. The third-order valence-electron chi connectivity index (χ3n) is 2.73. The molecule has 3 heterocycles. The first-order valence-corrected chi connectivity index (χ1v) is 6.54. The summed E-state index contributed by atoms with van der Waals surface area (Å²) in [5.74, 6) is 0.191. The molecule has 3 rings (SSSR count). The molecule has 0 aliphatic rings. The Bertz CT molecular complexity index is 933. The Balaban J connectivity index is 1.98. The molecule has 12 heteroatoms. The number of aromatic amines is 1. The van der Waals surface area contributed by atoms with Crippen LogP contribution >= 0.6 is 11.3 Å². The van der Waals surface area contributed by atoms with Gasteiger partial charge in [-0.05, 0) is 0 Å². The van der Waals surface area contributed by atoms with Crippen molar-refractivity contribution in [1.82, 2.24) is 29.3 Å². The Morgan fingerprint density at radius 3 is 2.86 bits per heavy atom. The number of nitrogens with zero attached hydrogens (tertiary/aromatic N) is 7. The van der Waals surface area contributed by atoms with Crippen molar-refractivity contribution in [2.45, 2.75) is 0 Å². The van der Waals surface area contributed by atoms with E-state index in [-0.39, 0.29) is 17.1 Å². The fraction of sp³-hybridized carbons (Fsp3) is 0.222. The van der Waals surface area contributed by atoms with Gasteiger partial charge in [0.1, 0.15) is 5.51 Å². The Hall–Kier alpha value is -2.89. The average Bonchev–Trinajstić information content (AvgIpc) is 3.12. The zero-order chi connectivity index (χ0) is 15.0. The van der Waals surface area contributed by atoms with Crippen LogP contribution in [0.1, 0.15) is 0 Å². The van der Waals surface area contributed by atoms with Gasteiger partial charge in [-0.2, -0.15) is 4.98 Å². The molecule has 0 unspecified atom stereocenters. The number of hydrogen-bond donors (Lipinski definition) is 2. The van der Waals surface area contributed by atoms with Gasteiger partial charge in [-0.3, -0.25) is 13.9 Å². The summed E-state index contributed by atoms with van der Waals surface area (Å²) in [6.45, 7) is 0. The molecular weight excluding hydrogens is 298 g/mol.